The number of nitrogens with zero attached hydrogens (tertiary/aromatic N) is 3. The van der Waals surface area contributed by atoms with E-state index >= 15 is 0 Å². The number of fused-ring (bicyclic) bond motifs is 3. The molecule has 300 valence electrons. The Labute approximate surface area is 324 Å². The second-order valence-corrected chi connectivity index (χ2v) is 18.8. The number of nitrogens with one attached hydrogen (secondary N) is 3. The fourth-order valence-corrected chi connectivity index (χ4v) is 9.55. The lowest BCUT2D eigenvalue weighted by Gasteiger charge is -2.37. The molecule has 5 atom stereocenters. The number of halogens is 2. The quantitative estimate of drug-likeness (QED) is 0.258. The van der Waals surface area contributed by atoms with Crippen LogP contribution in [0, 0.1) is 17.3 Å². The predicted molar refractivity (Wildman–Crippen MR) is 205 cm³/mol. The molecule has 1 aromatic heterocycles. The Bertz CT molecular complexity index is 2170. The molecule has 0 radical (unpaired) electrons. The van der Waals surface area contributed by atoms with Crippen molar-refractivity contribution in [2.75, 3.05) is 19.6 Å². The van der Waals surface area contributed by atoms with Gasteiger partial charge in [0.05, 0.1) is 28.2 Å². The van der Waals surface area contributed by atoms with Gasteiger partial charge in [0.1, 0.15) is 11.6 Å². The minimum Gasteiger partial charge on any atom is -0.342 e. The smallest absolute Gasteiger partial charge is 0.326 e. The molecular formula is C40H48F2N6O7S. The number of hydrogen-bond donors (Lipinski definition) is 3. The van der Waals surface area contributed by atoms with E-state index in [9.17, 15) is 41.2 Å². The SMILES string of the molecule is C=C[C@@H]1C[C@]1(NC(=O)[C@@H]1C[C@@H](NC(=O)n2c3ccccc3c3ccccc32)CN1C(=O)[C@@H](CC(=O)N1CCC(F)(F)CC1)C(C)(C)C)C(=O)NS(=O)(=O)C1CC1. The van der Waals surface area contributed by atoms with E-state index in [0.29, 0.717) is 23.9 Å². The molecule has 0 bridgehead atoms. The largest absolute Gasteiger partial charge is 0.342 e. The molecular weight excluding hydrogens is 747 g/mol. The van der Waals surface area contributed by atoms with Crippen LogP contribution in [-0.2, 0) is 29.2 Å². The fraction of sp³-hybridized carbons (Fsp3) is 0.525. The standard InChI is InChI=1S/C40H48F2N6O7S/c1-5-24-22-40(24,36(52)45-56(54,55)26-14-15-26)44-34(50)32-20-25(43-37(53)48-30-12-8-6-10-27(30)28-11-7-9-13-31(28)48)23-47(32)35(51)29(38(2,3)4)21-33(49)46-18-16-39(41,42)17-19-46/h5-13,24-26,29,32H,1,14-23H2,2-4H3,(H,43,53)(H,44,50)(H,45,52)/t24-,25-,29-,32+,40-/m1/s1. The summed E-state index contributed by atoms with van der Waals surface area (Å²) in [6, 6.07) is 12.4. The van der Waals surface area contributed by atoms with Crippen LogP contribution < -0.4 is 15.4 Å². The van der Waals surface area contributed by atoms with Crippen LogP contribution in [0.2, 0.25) is 0 Å². The molecule has 2 saturated carbocycles. The summed E-state index contributed by atoms with van der Waals surface area (Å²) in [5, 5.41) is 6.82. The summed E-state index contributed by atoms with van der Waals surface area (Å²) in [5.74, 6) is -7.05. The maximum absolute atomic E-state index is 14.7. The van der Waals surface area contributed by atoms with Gasteiger partial charge >= 0.3 is 6.03 Å². The molecule has 4 aliphatic rings. The van der Waals surface area contributed by atoms with Crippen LogP contribution in [0.4, 0.5) is 13.6 Å². The van der Waals surface area contributed by atoms with Crippen molar-refractivity contribution in [3.05, 3.63) is 61.2 Å². The molecule has 2 saturated heterocycles. The van der Waals surface area contributed by atoms with Gasteiger partial charge in [0.15, 0.2) is 0 Å². The normalized spacial score (nSPS) is 25.4. The first-order valence-electron chi connectivity index (χ1n) is 19.1. The third kappa shape index (κ3) is 7.51. The molecule has 2 aliphatic heterocycles. The number of amides is 5. The summed E-state index contributed by atoms with van der Waals surface area (Å²) in [7, 11) is -3.95. The van der Waals surface area contributed by atoms with Crippen LogP contribution in [-0.4, -0.2) is 101 Å². The topological polar surface area (TPSA) is 167 Å². The number of carbonyl (C=O) groups excluding carboxylic acids is 5. The molecule has 3 aromatic rings. The van der Waals surface area contributed by atoms with E-state index in [0.717, 1.165) is 10.8 Å². The summed E-state index contributed by atoms with van der Waals surface area (Å²) in [6.45, 7) is 8.68. The van der Waals surface area contributed by atoms with Gasteiger partial charge in [0, 0.05) is 55.6 Å². The van der Waals surface area contributed by atoms with E-state index in [1.807, 2.05) is 48.5 Å². The lowest BCUT2D eigenvalue weighted by Crippen LogP contribution is -2.57. The van der Waals surface area contributed by atoms with E-state index in [1.54, 1.807) is 25.3 Å². The number of aromatic nitrogens is 1. The van der Waals surface area contributed by atoms with Gasteiger partial charge in [-0.05, 0) is 43.2 Å². The average Bonchev–Trinajstić information content (AvgIpc) is 4.05. The van der Waals surface area contributed by atoms with Gasteiger partial charge in [0.25, 0.3) is 11.8 Å². The first kappa shape index (κ1) is 39.4. The van der Waals surface area contributed by atoms with Crippen molar-refractivity contribution in [2.24, 2.45) is 17.3 Å². The van der Waals surface area contributed by atoms with Crippen molar-refractivity contribution < 1.29 is 41.2 Å². The molecule has 13 nitrogen and oxygen atoms in total. The van der Waals surface area contributed by atoms with E-state index in [1.165, 1.54) is 15.9 Å². The summed E-state index contributed by atoms with van der Waals surface area (Å²) >= 11 is 0. The number of carbonyl (C=O) groups is 5. The molecule has 5 amide bonds. The van der Waals surface area contributed by atoms with Gasteiger partial charge in [-0.1, -0.05) is 63.2 Å². The Hall–Kier alpha value is -4.86. The number of rotatable bonds is 10. The first-order chi connectivity index (χ1) is 26.3. The van der Waals surface area contributed by atoms with E-state index < -0.39 is 98.6 Å². The highest BCUT2D eigenvalue weighted by Gasteiger charge is 2.62. The third-order valence-electron chi connectivity index (χ3n) is 11.8. The number of para-hydroxylation sites is 2. The monoisotopic (exact) mass is 794 g/mol. The zero-order valence-electron chi connectivity index (χ0n) is 31.7. The van der Waals surface area contributed by atoms with Crippen LogP contribution in [0.25, 0.3) is 21.8 Å². The second-order valence-electron chi connectivity index (χ2n) is 16.8. The van der Waals surface area contributed by atoms with Gasteiger partial charge in [-0.3, -0.25) is 28.5 Å². The maximum atomic E-state index is 14.7. The molecule has 3 N–H and O–H groups in total. The first-order valence-corrected chi connectivity index (χ1v) is 20.7. The minimum atomic E-state index is -3.95. The zero-order chi connectivity index (χ0) is 40.4. The van der Waals surface area contributed by atoms with Gasteiger partial charge in [-0.15, -0.1) is 6.58 Å². The summed E-state index contributed by atoms with van der Waals surface area (Å²) < 4.78 is 57.0. The second kappa shape index (κ2) is 14.3. The van der Waals surface area contributed by atoms with Gasteiger partial charge in [0.2, 0.25) is 27.7 Å². The van der Waals surface area contributed by atoms with Crippen molar-refractivity contribution in [2.45, 2.75) is 94.5 Å². The number of benzene rings is 2. The molecule has 0 spiro atoms. The van der Waals surface area contributed by atoms with Crippen molar-refractivity contribution in [1.29, 1.82) is 0 Å². The Kier molecular flexibility index (Phi) is 10.0. The summed E-state index contributed by atoms with van der Waals surface area (Å²) in [6.07, 6.45) is 1.12. The summed E-state index contributed by atoms with van der Waals surface area (Å²) in [4.78, 5) is 72.9. The zero-order valence-corrected chi connectivity index (χ0v) is 32.5. The summed E-state index contributed by atoms with van der Waals surface area (Å²) in [5.41, 5.74) is -1.12. The van der Waals surface area contributed by atoms with Crippen molar-refractivity contribution in [3.8, 4) is 0 Å². The fourth-order valence-electron chi connectivity index (χ4n) is 8.18. The highest BCUT2D eigenvalue weighted by Crippen LogP contribution is 2.46. The number of likely N-dealkylation sites (tertiary alicyclic amines) is 2. The average molecular weight is 795 g/mol. The predicted octanol–water partition coefficient (Wildman–Crippen LogP) is 4.30. The Morgan fingerprint density at radius 3 is 2.09 bits per heavy atom. The molecule has 16 heteroatoms. The lowest BCUT2D eigenvalue weighted by atomic mass is 9.77. The maximum Gasteiger partial charge on any atom is 0.326 e. The molecule has 2 aliphatic carbocycles. The van der Waals surface area contributed by atoms with Crippen LogP contribution in [0.3, 0.4) is 0 Å². The molecule has 0 unspecified atom stereocenters. The van der Waals surface area contributed by atoms with Crippen LogP contribution in [0.1, 0.15) is 65.7 Å². The van der Waals surface area contributed by atoms with E-state index in [2.05, 4.69) is 21.9 Å². The number of alkyl halides is 2. The molecule has 4 fully saturated rings. The number of piperidine rings is 1. The van der Waals surface area contributed by atoms with Crippen LogP contribution in [0.5, 0.6) is 0 Å². The lowest BCUT2D eigenvalue weighted by molar-refractivity contribution is -0.150. The van der Waals surface area contributed by atoms with Gasteiger partial charge in [-0.25, -0.2) is 22.0 Å². The minimum absolute atomic E-state index is 0.0523. The Morgan fingerprint density at radius 2 is 1.55 bits per heavy atom. The van der Waals surface area contributed by atoms with Crippen LogP contribution in [0.15, 0.2) is 61.2 Å². The Balaban J connectivity index is 1.17. The van der Waals surface area contributed by atoms with E-state index in [-0.39, 0.29) is 38.9 Å². The molecule has 2 aromatic carbocycles. The third-order valence-corrected chi connectivity index (χ3v) is 13.6. The van der Waals surface area contributed by atoms with Crippen molar-refractivity contribution >= 4 is 61.5 Å². The molecule has 56 heavy (non-hydrogen) atoms. The van der Waals surface area contributed by atoms with Gasteiger partial charge < -0.3 is 20.4 Å². The van der Waals surface area contributed by atoms with Crippen LogP contribution >= 0.6 is 0 Å². The number of sulfonamides is 1. The van der Waals surface area contributed by atoms with Gasteiger partial charge in [-0.2, -0.15) is 0 Å². The Morgan fingerprint density at radius 1 is 0.964 bits per heavy atom. The van der Waals surface area contributed by atoms with E-state index in [4.69, 9.17) is 0 Å². The highest BCUT2D eigenvalue weighted by atomic mass is 32.2. The molecule has 7 rings (SSSR count). The van der Waals surface area contributed by atoms with Crippen molar-refractivity contribution in [3.63, 3.8) is 0 Å². The number of hydrogen-bond acceptors (Lipinski definition) is 7. The highest BCUT2D eigenvalue weighted by molar-refractivity contribution is 7.91. The molecule has 3 heterocycles. The van der Waals surface area contributed by atoms with Crippen molar-refractivity contribution in [1.82, 2.24) is 29.7 Å².